The average Bonchev–Trinajstić information content (AvgIpc) is 2.05. The second kappa shape index (κ2) is 2.41. The highest BCUT2D eigenvalue weighted by Gasteiger charge is 2.09. The molecule has 0 atom stereocenters. The van der Waals surface area contributed by atoms with Gasteiger partial charge in [-0.05, 0) is 30.4 Å². The zero-order chi connectivity index (χ0) is 6.81. The van der Waals surface area contributed by atoms with E-state index in [9.17, 15) is 0 Å². The molecule has 0 aromatic heterocycles. The van der Waals surface area contributed by atoms with Crippen molar-refractivity contribution in [3.8, 4) is 0 Å². The molecule has 0 unspecified atom stereocenters. The molecule has 2 rings (SSSR count). The lowest BCUT2D eigenvalue weighted by Crippen LogP contribution is -2.03. The van der Waals surface area contributed by atoms with Crippen LogP contribution in [0.15, 0.2) is 28.3 Å². The molecule has 1 heteroatoms. The van der Waals surface area contributed by atoms with E-state index in [0.29, 0.717) is 0 Å². The highest BCUT2D eigenvalue weighted by atomic mass is 14.7. The van der Waals surface area contributed by atoms with Crippen LogP contribution in [0.5, 0.6) is 0 Å². The number of dihydropyridines is 1. The van der Waals surface area contributed by atoms with Gasteiger partial charge in [-0.2, -0.15) is 0 Å². The summed E-state index contributed by atoms with van der Waals surface area (Å²) in [6, 6.07) is 0. The minimum atomic E-state index is 0.934. The molecule has 0 aromatic rings. The van der Waals surface area contributed by atoms with Crippen molar-refractivity contribution in [3.05, 3.63) is 23.3 Å². The first-order valence-electron chi connectivity index (χ1n) is 3.78. The van der Waals surface area contributed by atoms with Crippen molar-refractivity contribution in [2.45, 2.75) is 19.3 Å². The third-order valence-electron chi connectivity index (χ3n) is 1.97. The second-order valence-corrected chi connectivity index (χ2v) is 2.69. The number of nitrogens with zero attached hydrogens (tertiary/aromatic N) is 1. The van der Waals surface area contributed by atoms with E-state index in [1.807, 2.05) is 0 Å². The van der Waals surface area contributed by atoms with Crippen LogP contribution in [-0.4, -0.2) is 12.8 Å². The summed E-state index contributed by atoms with van der Waals surface area (Å²) < 4.78 is 0. The van der Waals surface area contributed by atoms with Crippen LogP contribution in [-0.2, 0) is 0 Å². The van der Waals surface area contributed by atoms with E-state index in [-0.39, 0.29) is 0 Å². The van der Waals surface area contributed by atoms with E-state index in [4.69, 9.17) is 0 Å². The first-order valence-corrected chi connectivity index (χ1v) is 3.78. The van der Waals surface area contributed by atoms with Gasteiger partial charge >= 0.3 is 0 Å². The molecule has 0 fully saturated rings. The van der Waals surface area contributed by atoms with Gasteiger partial charge < -0.3 is 0 Å². The fourth-order valence-corrected chi connectivity index (χ4v) is 1.40. The molecular weight excluding hydrogens is 122 g/mol. The number of rotatable bonds is 0. The van der Waals surface area contributed by atoms with Crippen LogP contribution >= 0.6 is 0 Å². The highest BCUT2D eigenvalue weighted by molar-refractivity contribution is 5.82. The lowest BCUT2D eigenvalue weighted by atomic mass is 9.95. The molecule has 1 aliphatic heterocycles. The van der Waals surface area contributed by atoms with E-state index >= 15 is 0 Å². The highest BCUT2D eigenvalue weighted by Crippen LogP contribution is 2.22. The van der Waals surface area contributed by atoms with Crippen LogP contribution in [0.4, 0.5) is 0 Å². The van der Waals surface area contributed by atoms with Gasteiger partial charge in [0.1, 0.15) is 0 Å². The fraction of sp³-hybridized carbons (Fsp3) is 0.444. The zero-order valence-corrected chi connectivity index (χ0v) is 5.93. The van der Waals surface area contributed by atoms with Crippen molar-refractivity contribution in [2.24, 2.45) is 4.99 Å². The van der Waals surface area contributed by atoms with Crippen LogP contribution in [0.2, 0.25) is 0 Å². The molecule has 0 aromatic carbocycles. The van der Waals surface area contributed by atoms with E-state index < -0.39 is 0 Å². The Labute approximate surface area is 61.2 Å². The van der Waals surface area contributed by atoms with Crippen LogP contribution < -0.4 is 0 Å². The fourth-order valence-electron chi connectivity index (χ4n) is 1.40. The Morgan fingerprint density at radius 1 is 1.40 bits per heavy atom. The van der Waals surface area contributed by atoms with Crippen molar-refractivity contribution in [1.82, 2.24) is 0 Å². The second-order valence-electron chi connectivity index (χ2n) is 2.69. The number of hydrogen-bond donors (Lipinski definition) is 0. The van der Waals surface area contributed by atoms with Crippen molar-refractivity contribution in [3.63, 3.8) is 0 Å². The van der Waals surface area contributed by atoms with E-state index in [2.05, 4.69) is 23.4 Å². The molecule has 0 amide bonds. The van der Waals surface area contributed by atoms with Gasteiger partial charge in [0.2, 0.25) is 0 Å². The molecule has 1 heterocycles. The Hall–Kier alpha value is -0.850. The third-order valence-corrected chi connectivity index (χ3v) is 1.97. The van der Waals surface area contributed by atoms with Gasteiger partial charge in [-0.3, -0.25) is 4.99 Å². The predicted molar refractivity (Wildman–Crippen MR) is 42.3 cm³/mol. The van der Waals surface area contributed by atoms with Crippen molar-refractivity contribution < 1.29 is 0 Å². The van der Waals surface area contributed by atoms with Crippen molar-refractivity contribution in [2.75, 3.05) is 6.54 Å². The number of aliphatic imine (C=N–C) groups is 1. The third kappa shape index (κ3) is 0.919. The molecule has 10 heavy (non-hydrogen) atoms. The standard InChI is InChI=1S/C9H10N/c1-2-4-9-7-10-6-5-8(9)3-1/h1,3H,2,4-6H2. The maximum Gasteiger partial charge on any atom is 0.0864 e. The summed E-state index contributed by atoms with van der Waals surface area (Å²) in [4.78, 5) is 4.12. The Kier molecular flexibility index (Phi) is 1.42. The first-order chi connectivity index (χ1) is 4.97. The van der Waals surface area contributed by atoms with Crippen molar-refractivity contribution in [1.29, 1.82) is 0 Å². The minimum Gasteiger partial charge on any atom is -0.282 e. The lowest BCUT2D eigenvalue weighted by Gasteiger charge is -2.14. The monoisotopic (exact) mass is 132 g/mol. The Morgan fingerprint density at radius 2 is 2.40 bits per heavy atom. The molecule has 2 aliphatic rings. The van der Waals surface area contributed by atoms with Gasteiger partial charge in [0.15, 0.2) is 0 Å². The molecule has 0 spiro atoms. The normalized spacial score (nSPS) is 23.2. The molecule has 0 saturated heterocycles. The predicted octanol–water partition coefficient (Wildman–Crippen LogP) is 1.98. The molecule has 0 saturated carbocycles. The molecule has 0 bridgehead atoms. The smallest absolute Gasteiger partial charge is 0.0864 e. The summed E-state index contributed by atoms with van der Waals surface area (Å²) in [7, 11) is 0. The zero-order valence-electron chi connectivity index (χ0n) is 5.93. The van der Waals surface area contributed by atoms with E-state index in [0.717, 1.165) is 19.4 Å². The van der Waals surface area contributed by atoms with Gasteiger partial charge in [-0.1, -0.05) is 12.2 Å². The molecule has 0 N–H and O–H groups in total. The van der Waals surface area contributed by atoms with Gasteiger partial charge in [-0.15, -0.1) is 0 Å². The van der Waals surface area contributed by atoms with Crippen LogP contribution in [0.1, 0.15) is 19.3 Å². The maximum atomic E-state index is 4.12. The van der Waals surface area contributed by atoms with Crippen LogP contribution in [0.3, 0.4) is 0 Å². The summed E-state index contributed by atoms with van der Waals surface area (Å²) in [5, 5.41) is 0. The van der Waals surface area contributed by atoms with E-state index in [1.54, 1.807) is 0 Å². The van der Waals surface area contributed by atoms with Gasteiger partial charge in [0, 0.05) is 6.54 Å². The van der Waals surface area contributed by atoms with Crippen LogP contribution in [0.25, 0.3) is 0 Å². The summed E-state index contributed by atoms with van der Waals surface area (Å²) in [6.45, 7) is 0.934. The van der Waals surface area contributed by atoms with Gasteiger partial charge in [-0.25, -0.2) is 0 Å². The summed E-state index contributed by atoms with van der Waals surface area (Å²) in [5.41, 5.74) is 2.80. The number of allylic oxidation sites excluding steroid dienone is 3. The molecular formula is C9H10N. The van der Waals surface area contributed by atoms with Gasteiger partial charge in [0.05, 0.1) is 6.21 Å². The minimum absolute atomic E-state index is 0.934. The largest absolute Gasteiger partial charge is 0.282 e. The quantitative estimate of drug-likeness (QED) is 0.478. The Balaban J connectivity index is 2.32. The topological polar surface area (TPSA) is 12.4 Å². The summed E-state index contributed by atoms with van der Waals surface area (Å²) in [6.07, 6.45) is 11.0. The molecule has 1 aliphatic carbocycles. The first kappa shape index (κ1) is 5.90. The average molecular weight is 132 g/mol. The SMILES string of the molecule is [C]1=NCCC2=C1CCC=C2. The summed E-state index contributed by atoms with van der Waals surface area (Å²) in [5.74, 6) is 0. The van der Waals surface area contributed by atoms with Crippen LogP contribution in [0, 0.1) is 0 Å². The molecule has 1 nitrogen and oxygen atoms in total. The molecule has 51 valence electrons. The lowest BCUT2D eigenvalue weighted by molar-refractivity contribution is 0.888. The number of hydrogen-bond acceptors (Lipinski definition) is 1. The van der Waals surface area contributed by atoms with E-state index in [1.165, 1.54) is 17.6 Å². The Bertz CT molecular complexity index is 197. The molecule has 1 radical (unpaired) electrons. The maximum absolute atomic E-state index is 4.12. The van der Waals surface area contributed by atoms with Crippen molar-refractivity contribution >= 4 is 6.21 Å². The van der Waals surface area contributed by atoms with Gasteiger partial charge in [0.25, 0.3) is 0 Å². The Morgan fingerprint density at radius 3 is 3.30 bits per heavy atom. The summed E-state index contributed by atoms with van der Waals surface area (Å²) >= 11 is 0.